The molecule has 2 rings (SSSR count). The van der Waals surface area contributed by atoms with Crippen molar-refractivity contribution in [3.05, 3.63) is 39.9 Å². The molecule has 1 saturated heterocycles. The Morgan fingerprint density at radius 3 is 2.71 bits per heavy atom. The molecule has 1 heterocycles. The number of non-ortho nitro benzene ring substituents is 1. The lowest BCUT2D eigenvalue weighted by atomic mass is 10.00. The van der Waals surface area contributed by atoms with E-state index in [1.165, 1.54) is 12.8 Å². The molecule has 0 unspecified atom stereocenters. The Kier molecular flexibility index (Phi) is 3.74. The van der Waals surface area contributed by atoms with Crippen LogP contribution >= 0.6 is 0 Å². The third-order valence-corrected chi connectivity index (χ3v) is 3.29. The predicted molar refractivity (Wildman–Crippen MR) is 66.8 cm³/mol. The number of nitrogens with zero attached hydrogens (tertiary/aromatic N) is 2. The molecule has 4 heteroatoms. The molecular weight excluding hydrogens is 216 g/mol. The van der Waals surface area contributed by atoms with Gasteiger partial charge in [0.1, 0.15) is 0 Å². The number of hydrogen-bond acceptors (Lipinski definition) is 3. The van der Waals surface area contributed by atoms with Crippen LogP contribution in [0.5, 0.6) is 0 Å². The van der Waals surface area contributed by atoms with Crippen molar-refractivity contribution in [2.75, 3.05) is 13.1 Å². The van der Waals surface area contributed by atoms with Crippen LogP contribution in [0.4, 0.5) is 5.69 Å². The maximum absolute atomic E-state index is 10.5. The Labute approximate surface area is 101 Å². The van der Waals surface area contributed by atoms with Crippen LogP contribution in [0.1, 0.15) is 25.3 Å². The second kappa shape index (κ2) is 5.27. The lowest BCUT2D eigenvalue weighted by Crippen LogP contribution is -2.33. The first-order valence-corrected chi connectivity index (χ1v) is 6.11. The highest BCUT2D eigenvalue weighted by Crippen LogP contribution is 2.19. The van der Waals surface area contributed by atoms with Gasteiger partial charge < -0.3 is 0 Å². The number of likely N-dealkylation sites (tertiary alicyclic amines) is 1. The largest absolute Gasteiger partial charge is 0.299 e. The standard InChI is InChI=1S/C13H18N2O2/c1-11-3-2-8-14(9-11)10-12-4-6-13(7-5-12)15(16)17/h4-7,11H,2-3,8-10H2,1H3/t11-/m0/s1. The van der Waals surface area contributed by atoms with Crippen molar-refractivity contribution >= 4 is 5.69 Å². The van der Waals surface area contributed by atoms with Crippen molar-refractivity contribution in [3.8, 4) is 0 Å². The topological polar surface area (TPSA) is 46.4 Å². The summed E-state index contributed by atoms with van der Waals surface area (Å²) in [6.07, 6.45) is 2.57. The predicted octanol–water partition coefficient (Wildman–Crippen LogP) is 2.83. The molecule has 1 aromatic rings. The van der Waals surface area contributed by atoms with Gasteiger partial charge in [0, 0.05) is 25.2 Å². The monoisotopic (exact) mass is 234 g/mol. The van der Waals surface area contributed by atoms with Gasteiger partial charge in [-0.15, -0.1) is 0 Å². The van der Waals surface area contributed by atoms with Crippen LogP contribution < -0.4 is 0 Å². The van der Waals surface area contributed by atoms with Gasteiger partial charge in [0.25, 0.3) is 5.69 Å². The number of nitro benzene ring substituents is 1. The van der Waals surface area contributed by atoms with Crippen LogP contribution in [0.15, 0.2) is 24.3 Å². The molecule has 0 radical (unpaired) electrons. The average Bonchev–Trinajstić information content (AvgIpc) is 2.29. The summed E-state index contributed by atoms with van der Waals surface area (Å²) in [7, 11) is 0. The summed E-state index contributed by atoms with van der Waals surface area (Å²) in [6, 6.07) is 6.89. The van der Waals surface area contributed by atoms with E-state index in [1.54, 1.807) is 12.1 Å². The van der Waals surface area contributed by atoms with Gasteiger partial charge in [0.2, 0.25) is 0 Å². The number of hydrogen-bond donors (Lipinski definition) is 0. The van der Waals surface area contributed by atoms with Crippen molar-refractivity contribution in [2.45, 2.75) is 26.3 Å². The van der Waals surface area contributed by atoms with Crippen LogP contribution in [0, 0.1) is 16.0 Å². The highest BCUT2D eigenvalue weighted by atomic mass is 16.6. The molecule has 0 saturated carbocycles. The van der Waals surface area contributed by atoms with Crippen molar-refractivity contribution in [2.24, 2.45) is 5.92 Å². The molecule has 92 valence electrons. The molecule has 0 aliphatic carbocycles. The quantitative estimate of drug-likeness (QED) is 0.596. The second-order valence-electron chi connectivity index (χ2n) is 4.91. The lowest BCUT2D eigenvalue weighted by molar-refractivity contribution is -0.384. The molecule has 1 aromatic carbocycles. The van der Waals surface area contributed by atoms with E-state index in [2.05, 4.69) is 11.8 Å². The molecule has 0 aromatic heterocycles. The minimum absolute atomic E-state index is 0.167. The summed E-state index contributed by atoms with van der Waals surface area (Å²) in [5, 5.41) is 10.5. The highest BCUT2D eigenvalue weighted by Gasteiger charge is 2.16. The normalized spacial score (nSPS) is 21.4. The molecule has 0 spiro atoms. The Morgan fingerprint density at radius 1 is 1.41 bits per heavy atom. The summed E-state index contributed by atoms with van der Waals surface area (Å²) < 4.78 is 0. The summed E-state index contributed by atoms with van der Waals surface area (Å²) in [5.74, 6) is 0.766. The first-order chi connectivity index (χ1) is 8.15. The molecule has 17 heavy (non-hydrogen) atoms. The van der Waals surface area contributed by atoms with E-state index in [1.807, 2.05) is 12.1 Å². The van der Waals surface area contributed by atoms with Crippen LogP contribution in [-0.4, -0.2) is 22.9 Å². The fraction of sp³-hybridized carbons (Fsp3) is 0.538. The fourth-order valence-electron chi connectivity index (χ4n) is 2.41. The van der Waals surface area contributed by atoms with E-state index in [4.69, 9.17) is 0 Å². The van der Waals surface area contributed by atoms with Crippen molar-refractivity contribution < 1.29 is 4.92 Å². The van der Waals surface area contributed by atoms with Gasteiger partial charge in [0.15, 0.2) is 0 Å². The van der Waals surface area contributed by atoms with E-state index < -0.39 is 0 Å². The van der Waals surface area contributed by atoms with Gasteiger partial charge in [-0.2, -0.15) is 0 Å². The molecule has 0 N–H and O–H groups in total. The van der Waals surface area contributed by atoms with Crippen LogP contribution in [-0.2, 0) is 6.54 Å². The molecule has 1 fully saturated rings. The fourth-order valence-corrected chi connectivity index (χ4v) is 2.41. The third kappa shape index (κ3) is 3.27. The molecule has 4 nitrogen and oxygen atoms in total. The SMILES string of the molecule is C[C@H]1CCCN(Cc2ccc([N+](=O)[O-])cc2)C1. The zero-order valence-corrected chi connectivity index (χ0v) is 10.1. The van der Waals surface area contributed by atoms with Crippen molar-refractivity contribution in [3.63, 3.8) is 0 Å². The number of piperidine rings is 1. The van der Waals surface area contributed by atoms with Gasteiger partial charge in [0.05, 0.1) is 4.92 Å². The highest BCUT2D eigenvalue weighted by molar-refractivity contribution is 5.32. The molecule has 1 aliphatic heterocycles. The minimum atomic E-state index is -0.354. The molecule has 1 aliphatic rings. The Bertz CT molecular complexity index is 389. The molecule has 0 amide bonds. The zero-order chi connectivity index (χ0) is 12.3. The summed E-state index contributed by atoms with van der Waals surface area (Å²) in [5.41, 5.74) is 1.32. The maximum atomic E-state index is 10.5. The lowest BCUT2D eigenvalue weighted by Gasteiger charge is -2.30. The van der Waals surface area contributed by atoms with Gasteiger partial charge in [-0.25, -0.2) is 0 Å². The van der Waals surface area contributed by atoms with Crippen molar-refractivity contribution in [1.29, 1.82) is 0 Å². The van der Waals surface area contributed by atoms with Crippen LogP contribution in [0.25, 0.3) is 0 Å². The molecule has 0 bridgehead atoms. The van der Waals surface area contributed by atoms with Crippen LogP contribution in [0.3, 0.4) is 0 Å². The Hall–Kier alpha value is -1.42. The zero-order valence-electron chi connectivity index (χ0n) is 10.1. The number of rotatable bonds is 3. The van der Waals surface area contributed by atoms with Gasteiger partial charge in [-0.1, -0.05) is 19.1 Å². The first-order valence-electron chi connectivity index (χ1n) is 6.11. The number of nitro groups is 1. The van der Waals surface area contributed by atoms with Gasteiger partial charge >= 0.3 is 0 Å². The maximum Gasteiger partial charge on any atom is 0.269 e. The average molecular weight is 234 g/mol. The Morgan fingerprint density at radius 2 is 2.12 bits per heavy atom. The number of benzene rings is 1. The second-order valence-corrected chi connectivity index (χ2v) is 4.91. The minimum Gasteiger partial charge on any atom is -0.299 e. The molecular formula is C13H18N2O2. The van der Waals surface area contributed by atoms with E-state index >= 15 is 0 Å². The third-order valence-electron chi connectivity index (χ3n) is 3.29. The van der Waals surface area contributed by atoms with E-state index in [0.29, 0.717) is 0 Å². The summed E-state index contributed by atoms with van der Waals surface area (Å²) >= 11 is 0. The van der Waals surface area contributed by atoms with E-state index in [9.17, 15) is 10.1 Å². The van der Waals surface area contributed by atoms with Crippen molar-refractivity contribution in [1.82, 2.24) is 4.90 Å². The Balaban J connectivity index is 1.96. The molecule has 1 atom stereocenters. The van der Waals surface area contributed by atoms with E-state index in [0.717, 1.165) is 31.1 Å². The van der Waals surface area contributed by atoms with Crippen LogP contribution in [0.2, 0.25) is 0 Å². The van der Waals surface area contributed by atoms with E-state index in [-0.39, 0.29) is 10.6 Å². The van der Waals surface area contributed by atoms with Gasteiger partial charge in [-0.3, -0.25) is 15.0 Å². The first kappa shape index (κ1) is 12.0. The van der Waals surface area contributed by atoms with Gasteiger partial charge in [-0.05, 0) is 30.9 Å². The smallest absolute Gasteiger partial charge is 0.269 e. The summed E-state index contributed by atoms with van der Waals surface area (Å²) in [6.45, 7) is 5.46. The summed E-state index contributed by atoms with van der Waals surface area (Å²) in [4.78, 5) is 12.6.